The van der Waals surface area contributed by atoms with Gasteiger partial charge in [-0.3, -0.25) is 4.79 Å². The molecule has 122 valence electrons. The third-order valence-corrected chi connectivity index (χ3v) is 5.83. The molecule has 0 aromatic heterocycles. The number of hydrogen-bond acceptors (Lipinski definition) is 5. The molecule has 3 aliphatic rings. The fourth-order valence-corrected chi connectivity index (χ4v) is 4.88. The van der Waals surface area contributed by atoms with E-state index < -0.39 is 23.6 Å². The molecule has 0 radical (unpaired) electrons. The van der Waals surface area contributed by atoms with Gasteiger partial charge in [-0.15, -0.1) is 0 Å². The van der Waals surface area contributed by atoms with Crippen molar-refractivity contribution in [3.8, 4) is 0 Å². The average Bonchev–Trinajstić information content (AvgIpc) is 2.87. The molecule has 22 heavy (non-hydrogen) atoms. The Morgan fingerprint density at radius 3 is 2.77 bits per heavy atom. The summed E-state index contributed by atoms with van der Waals surface area (Å²) >= 11 is 0. The molecule has 1 N–H and O–H groups in total. The Morgan fingerprint density at radius 1 is 1.45 bits per heavy atom. The molecule has 0 amide bonds. The zero-order chi connectivity index (χ0) is 16.2. The first kappa shape index (κ1) is 15.5. The number of esters is 2. The Kier molecular flexibility index (Phi) is 3.59. The molecule has 0 aromatic rings. The Hall–Kier alpha value is -1.36. The minimum atomic E-state index is -0.938. The van der Waals surface area contributed by atoms with Crippen LogP contribution in [0.15, 0.2) is 12.2 Å². The van der Waals surface area contributed by atoms with Crippen molar-refractivity contribution in [1.29, 1.82) is 0 Å². The fourth-order valence-electron chi connectivity index (χ4n) is 4.88. The van der Waals surface area contributed by atoms with Gasteiger partial charge in [0.1, 0.15) is 12.2 Å². The Morgan fingerprint density at radius 2 is 2.14 bits per heavy atom. The van der Waals surface area contributed by atoms with Crippen LogP contribution in [0.25, 0.3) is 0 Å². The van der Waals surface area contributed by atoms with Gasteiger partial charge in [0, 0.05) is 24.8 Å². The minimum absolute atomic E-state index is 0.0502. The molecule has 5 heteroatoms. The largest absolute Gasteiger partial charge is 0.462 e. The Balaban J connectivity index is 2.03. The second-order valence-corrected chi connectivity index (χ2v) is 7.37. The van der Waals surface area contributed by atoms with Crippen molar-refractivity contribution in [2.45, 2.75) is 57.8 Å². The lowest BCUT2D eigenvalue weighted by atomic mass is 9.76. The summed E-state index contributed by atoms with van der Waals surface area (Å²) in [5.74, 6) is -0.659. The number of fused-ring (bicyclic) bond motifs is 3. The summed E-state index contributed by atoms with van der Waals surface area (Å²) in [7, 11) is 0. The van der Waals surface area contributed by atoms with Gasteiger partial charge in [-0.1, -0.05) is 13.5 Å². The van der Waals surface area contributed by atoms with Crippen LogP contribution in [0.3, 0.4) is 0 Å². The zero-order valence-electron chi connectivity index (χ0n) is 13.4. The van der Waals surface area contributed by atoms with Gasteiger partial charge in [0.05, 0.1) is 11.5 Å². The van der Waals surface area contributed by atoms with Gasteiger partial charge in [0.2, 0.25) is 0 Å². The highest BCUT2D eigenvalue weighted by molar-refractivity contribution is 5.91. The second-order valence-electron chi connectivity index (χ2n) is 7.37. The molecule has 2 saturated carbocycles. The van der Waals surface area contributed by atoms with Gasteiger partial charge in [0.15, 0.2) is 0 Å². The normalized spacial score (nSPS) is 47.5. The van der Waals surface area contributed by atoms with E-state index in [2.05, 4.69) is 13.5 Å². The summed E-state index contributed by atoms with van der Waals surface area (Å²) in [4.78, 5) is 23.5. The molecule has 0 spiro atoms. The van der Waals surface area contributed by atoms with Crippen molar-refractivity contribution < 1.29 is 24.2 Å². The molecule has 5 nitrogen and oxygen atoms in total. The van der Waals surface area contributed by atoms with Crippen LogP contribution in [0.5, 0.6) is 0 Å². The number of carbonyl (C=O) groups excluding carboxylic acids is 2. The maximum atomic E-state index is 12.0. The summed E-state index contributed by atoms with van der Waals surface area (Å²) in [6.45, 7) is 9.15. The minimum Gasteiger partial charge on any atom is -0.462 e. The van der Waals surface area contributed by atoms with Crippen molar-refractivity contribution in [3.05, 3.63) is 12.2 Å². The van der Waals surface area contributed by atoms with Crippen LogP contribution in [0.1, 0.15) is 40.0 Å². The highest BCUT2D eigenvalue weighted by Gasteiger charge is 2.60. The van der Waals surface area contributed by atoms with Crippen LogP contribution in [0.2, 0.25) is 0 Å². The standard InChI is InChI=1S/C17H24O5/c1-8-5-6-11-13(8)15-14(9(2)16(19)22-15)12(21-10(3)18)7-17(11,4)20/h8,11-15,20H,2,5-7H2,1,3-4H3/t8-,11+,12+,13+,14+,15+,17+/m0/s1. The van der Waals surface area contributed by atoms with E-state index in [1.54, 1.807) is 0 Å². The SMILES string of the molecule is C=C1C(=O)O[C@H]2[C@H]1[C@H](OC(C)=O)C[C@@](C)(O)[C@@H]1CC[C@H](C)[C@@H]21. The van der Waals surface area contributed by atoms with Gasteiger partial charge in [-0.25, -0.2) is 4.79 Å². The first-order valence-electron chi connectivity index (χ1n) is 8.01. The van der Waals surface area contributed by atoms with Gasteiger partial charge in [0.25, 0.3) is 0 Å². The average molecular weight is 308 g/mol. The number of aliphatic hydroxyl groups is 1. The summed E-state index contributed by atoms with van der Waals surface area (Å²) in [6, 6.07) is 0. The monoisotopic (exact) mass is 308 g/mol. The van der Waals surface area contributed by atoms with Gasteiger partial charge in [-0.05, 0) is 31.6 Å². The molecule has 3 rings (SSSR count). The number of ether oxygens (including phenoxy) is 2. The van der Waals surface area contributed by atoms with E-state index in [1.165, 1.54) is 6.92 Å². The van der Waals surface area contributed by atoms with E-state index in [0.717, 1.165) is 12.8 Å². The third kappa shape index (κ3) is 2.26. The van der Waals surface area contributed by atoms with Crippen molar-refractivity contribution in [1.82, 2.24) is 0 Å². The van der Waals surface area contributed by atoms with Crippen LogP contribution >= 0.6 is 0 Å². The van der Waals surface area contributed by atoms with Crippen molar-refractivity contribution in [2.24, 2.45) is 23.7 Å². The van der Waals surface area contributed by atoms with Crippen LogP contribution in [0.4, 0.5) is 0 Å². The van der Waals surface area contributed by atoms with E-state index in [1.807, 2.05) is 6.92 Å². The second kappa shape index (κ2) is 5.08. The molecular weight excluding hydrogens is 284 g/mol. The summed E-state index contributed by atoms with van der Waals surface area (Å²) in [6.07, 6.45) is 1.32. The first-order chi connectivity index (χ1) is 10.2. The lowest BCUT2D eigenvalue weighted by Crippen LogP contribution is -2.40. The maximum Gasteiger partial charge on any atom is 0.334 e. The Bertz CT molecular complexity index is 523. The Labute approximate surface area is 130 Å². The topological polar surface area (TPSA) is 72.8 Å². The lowest BCUT2D eigenvalue weighted by Gasteiger charge is -2.35. The molecular formula is C17H24O5. The summed E-state index contributed by atoms with van der Waals surface area (Å²) in [5, 5.41) is 11.0. The summed E-state index contributed by atoms with van der Waals surface area (Å²) in [5.41, 5.74) is -0.571. The lowest BCUT2D eigenvalue weighted by molar-refractivity contribution is -0.152. The van der Waals surface area contributed by atoms with Crippen molar-refractivity contribution >= 4 is 11.9 Å². The fraction of sp³-hybridized carbons (Fsp3) is 0.765. The molecule has 3 fully saturated rings. The van der Waals surface area contributed by atoms with Gasteiger partial charge >= 0.3 is 11.9 Å². The van der Waals surface area contributed by atoms with E-state index in [0.29, 0.717) is 17.9 Å². The van der Waals surface area contributed by atoms with Crippen LogP contribution in [-0.2, 0) is 19.1 Å². The molecule has 2 aliphatic carbocycles. The molecule has 1 saturated heterocycles. The molecule has 0 aromatic carbocycles. The maximum absolute atomic E-state index is 12.0. The highest BCUT2D eigenvalue weighted by atomic mass is 16.6. The highest BCUT2D eigenvalue weighted by Crippen LogP contribution is 2.54. The van der Waals surface area contributed by atoms with Crippen molar-refractivity contribution in [2.75, 3.05) is 0 Å². The van der Waals surface area contributed by atoms with E-state index in [-0.39, 0.29) is 23.9 Å². The van der Waals surface area contributed by atoms with E-state index in [4.69, 9.17) is 9.47 Å². The van der Waals surface area contributed by atoms with E-state index >= 15 is 0 Å². The quantitative estimate of drug-likeness (QED) is 0.591. The molecule has 7 atom stereocenters. The van der Waals surface area contributed by atoms with Crippen LogP contribution in [0, 0.1) is 23.7 Å². The molecule has 0 bridgehead atoms. The number of carbonyl (C=O) groups is 2. The zero-order valence-corrected chi connectivity index (χ0v) is 13.4. The van der Waals surface area contributed by atoms with E-state index in [9.17, 15) is 14.7 Å². The van der Waals surface area contributed by atoms with Crippen LogP contribution in [-0.4, -0.2) is 34.9 Å². The van der Waals surface area contributed by atoms with Gasteiger partial charge in [-0.2, -0.15) is 0 Å². The van der Waals surface area contributed by atoms with Crippen LogP contribution < -0.4 is 0 Å². The van der Waals surface area contributed by atoms with Crippen molar-refractivity contribution in [3.63, 3.8) is 0 Å². The third-order valence-electron chi connectivity index (χ3n) is 5.83. The molecule has 0 unspecified atom stereocenters. The predicted molar refractivity (Wildman–Crippen MR) is 78.7 cm³/mol. The summed E-state index contributed by atoms with van der Waals surface area (Å²) < 4.78 is 11.1. The number of hydrogen-bond donors (Lipinski definition) is 1. The first-order valence-corrected chi connectivity index (χ1v) is 8.01. The van der Waals surface area contributed by atoms with Gasteiger partial charge < -0.3 is 14.6 Å². The molecule has 1 heterocycles. The smallest absolute Gasteiger partial charge is 0.334 e. The molecule has 1 aliphatic heterocycles. The number of rotatable bonds is 1. The predicted octanol–water partition coefficient (Wildman–Crippen LogP) is 1.83.